The highest BCUT2D eigenvalue weighted by Crippen LogP contribution is 2.09. The number of hydrogen-bond acceptors (Lipinski definition) is 6. The maximum Gasteiger partial charge on any atom is 0.389 e. The van der Waals surface area contributed by atoms with Crippen molar-refractivity contribution in [1.82, 2.24) is 24.5 Å². The summed E-state index contributed by atoms with van der Waals surface area (Å²) in [6.45, 7) is 0.363. The molecule has 2 heterocycles. The third kappa shape index (κ3) is 4.26. The number of rotatable bonds is 7. The second-order valence-electron chi connectivity index (χ2n) is 5.35. The van der Waals surface area contributed by atoms with E-state index in [-0.39, 0.29) is 43.0 Å². The van der Waals surface area contributed by atoms with Crippen LogP contribution in [0.2, 0.25) is 0 Å². The number of halogens is 1. The van der Waals surface area contributed by atoms with Crippen molar-refractivity contribution in [3.63, 3.8) is 0 Å². The third-order valence-corrected chi connectivity index (χ3v) is 3.46. The predicted octanol–water partition coefficient (Wildman–Crippen LogP) is 1.60. The summed E-state index contributed by atoms with van der Waals surface area (Å²) < 4.78 is 16.3. The molecule has 1 amide bonds. The molecule has 10 nitrogen and oxygen atoms in total. The molecule has 1 aromatic carbocycles. The van der Waals surface area contributed by atoms with Gasteiger partial charge in [-0.15, -0.1) is 5.10 Å². The average molecular weight is 359 g/mol. The van der Waals surface area contributed by atoms with E-state index in [0.717, 1.165) is 0 Å². The minimum Gasteiger partial charge on any atom is -0.358 e. The molecule has 1 N–H and O–H groups in total. The highest BCUT2D eigenvalue weighted by molar-refractivity contribution is 5.88. The van der Waals surface area contributed by atoms with Crippen LogP contribution < -0.4 is 5.32 Å². The number of nitrogens with one attached hydrogen (secondary N) is 1. The lowest BCUT2D eigenvalue weighted by Crippen LogP contribution is -2.16. The Bertz CT molecular complexity index is 937. The molecule has 3 aromatic rings. The maximum absolute atomic E-state index is 13.6. The highest BCUT2D eigenvalue weighted by Gasteiger charge is 2.13. The first-order chi connectivity index (χ1) is 12.5. The van der Waals surface area contributed by atoms with Gasteiger partial charge in [0, 0.05) is 12.0 Å². The van der Waals surface area contributed by atoms with Gasteiger partial charge in [0.05, 0.1) is 30.5 Å². The number of anilines is 1. The van der Waals surface area contributed by atoms with Gasteiger partial charge < -0.3 is 10.1 Å². The lowest BCUT2D eigenvalue weighted by molar-refractivity contribution is -0.389. The van der Waals surface area contributed by atoms with Gasteiger partial charge in [-0.3, -0.25) is 10.1 Å². The van der Waals surface area contributed by atoms with Gasteiger partial charge in [-0.2, -0.15) is 4.68 Å². The van der Waals surface area contributed by atoms with E-state index in [4.69, 9.17) is 0 Å². The van der Waals surface area contributed by atoms with Gasteiger partial charge in [0.1, 0.15) is 12.1 Å². The molecule has 0 fully saturated rings. The molecule has 3 rings (SSSR count). The van der Waals surface area contributed by atoms with Crippen molar-refractivity contribution in [3.8, 4) is 0 Å². The Hall–Kier alpha value is -3.63. The number of aromatic nitrogens is 5. The van der Waals surface area contributed by atoms with E-state index >= 15 is 0 Å². The van der Waals surface area contributed by atoms with E-state index in [9.17, 15) is 19.3 Å². The molecule has 0 radical (unpaired) electrons. The second kappa shape index (κ2) is 7.51. The van der Waals surface area contributed by atoms with Crippen LogP contribution in [-0.2, 0) is 17.9 Å². The van der Waals surface area contributed by atoms with E-state index in [1.54, 1.807) is 18.2 Å². The minimum absolute atomic E-state index is 0.0423. The van der Waals surface area contributed by atoms with Crippen LogP contribution in [0.1, 0.15) is 12.0 Å². The Morgan fingerprint density at radius 1 is 1.23 bits per heavy atom. The molecule has 11 heteroatoms. The van der Waals surface area contributed by atoms with Gasteiger partial charge in [0.15, 0.2) is 0 Å². The summed E-state index contributed by atoms with van der Waals surface area (Å²) in [5.74, 6) is -0.898. The Labute approximate surface area is 146 Å². The normalized spacial score (nSPS) is 10.7. The molecule has 0 bridgehead atoms. The molecule has 0 spiro atoms. The maximum atomic E-state index is 13.6. The largest absolute Gasteiger partial charge is 0.389 e. The number of nitrogens with zero attached hydrogens (tertiary/aromatic N) is 6. The molecular formula is C15H14FN7O3. The van der Waals surface area contributed by atoms with Crippen molar-refractivity contribution in [1.29, 1.82) is 0 Å². The zero-order chi connectivity index (χ0) is 18.5. The van der Waals surface area contributed by atoms with Crippen molar-refractivity contribution >= 4 is 17.7 Å². The van der Waals surface area contributed by atoms with E-state index < -0.39 is 4.92 Å². The van der Waals surface area contributed by atoms with Gasteiger partial charge in [-0.05, 0) is 11.0 Å². The van der Waals surface area contributed by atoms with Crippen LogP contribution in [0, 0.1) is 15.9 Å². The first-order valence-electron chi connectivity index (χ1n) is 7.62. The van der Waals surface area contributed by atoms with Crippen molar-refractivity contribution < 1.29 is 14.1 Å². The molecular weight excluding hydrogens is 345 g/mol. The fraction of sp³-hybridized carbons (Fsp3) is 0.200. The quantitative estimate of drug-likeness (QED) is 0.505. The number of aryl methyl sites for hydroxylation is 1. The molecule has 0 saturated heterocycles. The zero-order valence-corrected chi connectivity index (χ0v) is 13.4. The Morgan fingerprint density at radius 2 is 2.04 bits per heavy atom. The molecule has 0 atom stereocenters. The Morgan fingerprint density at radius 3 is 2.77 bits per heavy atom. The Balaban J connectivity index is 1.52. The van der Waals surface area contributed by atoms with Crippen LogP contribution in [0.3, 0.4) is 0 Å². The van der Waals surface area contributed by atoms with E-state index in [1.807, 2.05) is 0 Å². The highest BCUT2D eigenvalue weighted by atomic mass is 19.1. The molecule has 0 aliphatic carbocycles. The van der Waals surface area contributed by atoms with Crippen LogP contribution >= 0.6 is 0 Å². The lowest BCUT2D eigenvalue weighted by Gasteiger charge is -2.02. The molecule has 2 aromatic heterocycles. The summed E-state index contributed by atoms with van der Waals surface area (Å²) >= 11 is 0. The third-order valence-electron chi connectivity index (χ3n) is 3.46. The number of carbonyl (C=O) groups excluding carboxylic acids is 1. The van der Waals surface area contributed by atoms with E-state index in [1.165, 1.54) is 34.0 Å². The molecule has 0 aliphatic rings. The number of nitro groups is 1. The van der Waals surface area contributed by atoms with Crippen LogP contribution in [-0.4, -0.2) is 35.4 Å². The molecule has 0 unspecified atom stereocenters. The summed E-state index contributed by atoms with van der Waals surface area (Å²) in [7, 11) is 0. The Kier molecular flexibility index (Phi) is 4.97. The summed E-state index contributed by atoms with van der Waals surface area (Å²) in [4.78, 5) is 25.8. The number of benzene rings is 1. The van der Waals surface area contributed by atoms with Gasteiger partial charge in [-0.25, -0.2) is 14.1 Å². The first-order valence-corrected chi connectivity index (χ1v) is 7.62. The lowest BCUT2D eigenvalue weighted by atomic mass is 10.2. The van der Waals surface area contributed by atoms with Crippen LogP contribution in [0.5, 0.6) is 0 Å². The topological polar surface area (TPSA) is 121 Å². The van der Waals surface area contributed by atoms with Crippen molar-refractivity contribution in [2.24, 2.45) is 0 Å². The SMILES string of the molecule is O=C(CCn1ccc([N+](=O)[O-])n1)Nc1ncn(Cc2ccccc2F)n1. The second-order valence-corrected chi connectivity index (χ2v) is 5.35. The van der Waals surface area contributed by atoms with Crippen LogP contribution in [0.4, 0.5) is 16.2 Å². The smallest absolute Gasteiger partial charge is 0.358 e. The van der Waals surface area contributed by atoms with Crippen molar-refractivity contribution in [2.45, 2.75) is 19.5 Å². The standard InChI is InChI=1S/C15H14FN7O3/c16-12-4-2-1-3-11(12)9-22-10-17-15(20-22)18-14(24)6-8-21-7-5-13(19-21)23(25)26/h1-5,7,10H,6,8-9H2,(H,18,20,24). The van der Waals surface area contributed by atoms with Crippen LogP contribution in [0.25, 0.3) is 0 Å². The molecule has 0 aliphatic heterocycles. The summed E-state index contributed by atoms with van der Waals surface area (Å²) in [6, 6.07) is 7.56. The summed E-state index contributed by atoms with van der Waals surface area (Å²) in [5, 5.41) is 20.8. The minimum atomic E-state index is -0.608. The van der Waals surface area contributed by atoms with E-state index in [0.29, 0.717) is 5.56 Å². The fourth-order valence-electron chi connectivity index (χ4n) is 2.21. The van der Waals surface area contributed by atoms with Crippen molar-refractivity contribution in [2.75, 3.05) is 5.32 Å². The van der Waals surface area contributed by atoms with Crippen molar-refractivity contribution in [3.05, 3.63) is 64.4 Å². The number of hydrogen-bond donors (Lipinski definition) is 1. The predicted molar refractivity (Wildman–Crippen MR) is 87.7 cm³/mol. The molecule has 26 heavy (non-hydrogen) atoms. The van der Waals surface area contributed by atoms with Gasteiger partial charge >= 0.3 is 5.82 Å². The molecule has 0 saturated carbocycles. The zero-order valence-electron chi connectivity index (χ0n) is 13.4. The first kappa shape index (κ1) is 17.2. The monoisotopic (exact) mass is 359 g/mol. The molecule has 134 valence electrons. The number of amides is 1. The van der Waals surface area contributed by atoms with Gasteiger partial charge in [-0.1, -0.05) is 18.2 Å². The fourth-order valence-corrected chi connectivity index (χ4v) is 2.21. The van der Waals surface area contributed by atoms with Crippen LogP contribution in [0.15, 0.2) is 42.9 Å². The van der Waals surface area contributed by atoms with Gasteiger partial charge in [0.25, 0.3) is 0 Å². The van der Waals surface area contributed by atoms with Gasteiger partial charge in [0.2, 0.25) is 11.9 Å². The number of carbonyl (C=O) groups is 1. The van der Waals surface area contributed by atoms with E-state index in [2.05, 4.69) is 20.5 Å². The summed E-state index contributed by atoms with van der Waals surface area (Å²) in [6.07, 6.45) is 2.85. The summed E-state index contributed by atoms with van der Waals surface area (Å²) in [5.41, 5.74) is 0.454. The average Bonchev–Trinajstić information content (AvgIpc) is 3.25.